The van der Waals surface area contributed by atoms with Crippen LogP contribution in [0.3, 0.4) is 0 Å². The quantitative estimate of drug-likeness (QED) is 0.899. The summed E-state index contributed by atoms with van der Waals surface area (Å²) in [7, 11) is 0. The summed E-state index contributed by atoms with van der Waals surface area (Å²) >= 11 is 1.61. The Balaban J connectivity index is 1.62. The van der Waals surface area contributed by atoms with Crippen LogP contribution in [0.2, 0.25) is 0 Å². The van der Waals surface area contributed by atoms with Gasteiger partial charge in [-0.25, -0.2) is 4.98 Å². The number of hydrogen-bond donors (Lipinski definition) is 1. The number of thiazole rings is 1. The number of aromatic nitrogens is 1. The van der Waals surface area contributed by atoms with Gasteiger partial charge >= 0.3 is 0 Å². The van der Waals surface area contributed by atoms with E-state index < -0.39 is 0 Å². The number of nitrogens with zero attached hydrogens (tertiary/aromatic N) is 2. The van der Waals surface area contributed by atoms with E-state index >= 15 is 0 Å². The number of likely N-dealkylation sites (tertiary alicyclic amines) is 1. The van der Waals surface area contributed by atoms with E-state index in [2.05, 4.69) is 15.3 Å². The van der Waals surface area contributed by atoms with Crippen molar-refractivity contribution in [1.82, 2.24) is 9.88 Å². The zero-order chi connectivity index (χ0) is 11.7. The molecule has 1 fully saturated rings. The molecule has 0 saturated carbocycles. The van der Waals surface area contributed by atoms with Crippen LogP contribution in [0.4, 0.5) is 0 Å². The lowest BCUT2D eigenvalue weighted by Crippen LogP contribution is -2.47. The van der Waals surface area contributed by atoms with Crippen molar-refractivity contribution in [3.05, 3.63) is 29.5 Å². The van der Waals surface area contributed by atoms with Crippen molar-refractivity contribution >= 4 is 11.3 Å². The molecule has 0 spiro atoms. The van der Waals surface area contributed by atoms with E-state index in [0.29, 0.717) is 12.5 Å². The topological polar surface area (TPSA) is 49.5 Å². The van der Waals surface area contributed by atoms with Gasteiger partial charge in [0.1, 0.15) is 0 Å². The van der Waals surface area contributed by atoms with Crippen molar-refractivity contribution in [1.29, 1.82) is 0 Å². The van der Waals surface area contributed by atoms with Gasteiger partial charge in [0.15, 0.2) is 10.8 Å². The molecule has 2 aromatic rings. The summed E-state index contributed by atoms with van der Waals surface area (Å²) in [6.07, 6.45) is 1.66. The van der Waals surface area contributed by atoms with E-state index in [1.165, 1.54) is 0 Å². The van der Waals surface area contributed by atoms with E-state index in [4.69, 9.17) is 9.52 Å². The minimum Gasteiger partial charge on any atom is -0.462 e. The highest BCUT2D eigenvalue weighted by atomic mass is 32.1. The molecule has 5 heteroatoms. The van der Waals surface area contributed by atoms with E-state index in [9.17, 15) is 0 Å². The van der Waals surface area contributed by atoms with E-state index in [1.54, 1.807) is 17.6 Å². The van der Waals surface area contributed by atoms with Gasteiger partial charge in [-0.2, -0.15) is 0 Å². The molecule has 1 saturated heterocycles. The summed E-state index contributed by atoms with van der Waals surface area (Å²) in [4.78, 5) is 6.84. The molecule has 0 unspecified atom stereocenters. The van der Waals surface area contributed by atoms with Gasteiger partial charge in [0.2, 0.25) is 0 Å². The Hall–Kier alpha value is -1.17. The molecular formula is C12H14N2O2S. The van der Waals surface area contributed by atoms with Gasteiger partial charge in [-0.1, -0.05) is 0 Å². The Morgan fingerprint density at radius 1 is 1.53 bits per heavy atom. The van der Waals surface area contributed by atoms with Crippen LogP contribution in [0.15, 0.2) is 28.2 Å². The van der Waals surface area contributed by atoms with Crippen LogP contribution in [-0.4, -0.2) is 34.7 Å². The van der Waals surface area contributed by atoms with E-state index in [-0.39, 0.29) is 0 Å². The zero-order valence-electron chi connectivity index (χ0n) is 9.37. The summed E-state index contributed by atoms with van der Waals surface area (Å²) < 4.78 is 5.31. The molecule has 2 aromatic heterocycles. The third-order valence-corrected chi connectivity index (χ3v) is 3.87. The summed E-state index contributed by atoms with van der Waals surface area (Å²) in [6.45, 7) is 3.12. The Bertz CT molecular complexity index is 474. The number of aliphatic hydroxyl groups excluding tert-OH is 1. The highest BCUT2D eigenvalue weighted by Crippen LogP contribution is 2.25. The van der Waals surface area contributed by atoms with Crippen LogP contribution >= 0.6 is 11.3 Å². The smallest absolute Gasteiger partial charge is 0.162 e. The summed E-state index contributed by atoms with van der Waals surface area (Å²) in [5, 5.41) is 12.0. The average Bonchev–Trinajstić information content (AvgIpc) is 2.92. The van der Waals surface area contributed by atoms with Crippen molar-refractivity contribution in [2.24, 2.45) is 5.92 Å². The molecule has 3 rings (SSSR count). The normalized spacial score (nSPS) is 17.2. The van der Waals surface area contributed by atoms with E-state index in [1.807, 2.05) is 12.1 Å². The van der Waals surface area contributed by atoms with Gasteiger partial charge < -0.3 is 9.52 Å². The van der Waals surface area contributed by atoms with Crippen molar-refractivity contribution < 1.29 is 9.52 Å². The molecule has 1 aliphatic heterocycles. The molecule has 90 valence electrons. The summed E-state index contributed by atoms with van der Waals surface area (Å²) in [5.74, 6) is 1.29. The van der Waals surface area contributed by atoms with Gasteiger partial charge in [0.25, 0.3) is 0 Å². The highest BCUT2D eigenvalue weighted by Gasteiger charge is 2.26. The minimum absolute atomic E-state index is 0.297. The molecule has 17 heavy (non-hydrogen) atoms. The second kappa shape index (κ2) is 4.60. The van der Waals surface area contributed by atoms with Crippen LogP contribution in [0, 0.1) is 5.92 Å². The molecule has 0 atom stereocenters. The summed E-state index contributed by atoms with van der Waals surface area (Å²) in [6, 6.07) is 3.80. The fourth-order valence-electron chi connectivity index (χ4n) is 2.04. The first-order valence-corrected chi connectivity index (χ1v) is 6.54. The molecule has 3 heterocycles. The molecule has 0 aliphatic carbocycles. The van der Waals surface area contributed by atoms with Crippen molar-refractivity contribution in [2.75, 3.05) is 19.7 Å². The number of hydrogen-bond acceptors (Lipinski definition) is 5. The second-order valence-electron chi connectivity index (χ2n) is 4.36. The SMILES string of the molecule is OCC1CN(Cc2csc(-c3ccco3)n2)C1. The molecule has 4 nitrogen and oxygen atoms in total. The molecule has 1 N–H and O–H groups in total. The lowest BCUT2D eigenvalue weighted by atomic mass is 10.0. The Kier molecular flexibility index (Phi) is 2.96. The van der Waals surface area contributed by atoms with Crippen molar-refractivity contribution in [3.63, 3.8) is 0 Å². The molecular weight excluding hydrogens is 236 g/mol. The van der Waals surface area contributed by atoms with Crippen molar-refractivity contribution in [3.8, 4) is 10.8 Å². The third kappa shape index (κ3) is 2.26. The lowest BCUT2D eigenvalue weighted by molar-refractivity contribution is 0.0471. The fourth-order valence-corrected chi connectivity index (χ4v) is 2.82. The first kappa shape index (κ1) is 11.0. The monoisotopic (exact) mass is 250 g/mol. The van der Waals surface area contributed by atoms with Gasteiger partial charge in [-0.05, 0) is 12.1 Å². The Morgan fingerprint density at radius 2 is 2.41 bits per heavy atom. The highest BCUT2D eigenvalue weighted by molar-refractivity contribution is 7.13. The Labute approximate surface area is 104 Å². The molecule has 0 radical (unpaired) electrons. The maximum atomic E-state index is 8.95. The van der Waals surface area contributed by atoms with Gasteiger partial charge in [-0.15, -0.1) is 11.3 Å². The van der Waals surface area contributed by atoms with Crippen LogP contribution in [0.1, 0.15) is 5.69 Å². The zero-order valence-corrected chi connectivity index (χ0v) is 10.2. The fraction of sp³-hybridized carbons (Fsp3) is 0.417. The van der Waals surface area contributed by atoms with Gasteiger partial charge in [0.05, 0.1) is 12.0 Å². The standard InChI is InChI=1S/C12H14N2O2S/c15-7-9-4-14(5-9)6-10-8-17-12(13-10)11-2-1-3-16-11/h1-3,8-9,15H,4-7H2. The predicted molar refractivity (Wildman–Crippen MR) is 65.7 cm³/mol. The van der Waals surface area contributed by atoms with Gasteiger partial charge in [0, 0.05) is 37.5 Å². The molecule has 0 bridgehead atoms. The second-order valence-corrected chi connectivity index (χ2v) is 5.22. The largest absolute Gasteiger partial charge is 0.462 e. The maximum absolute atomic E-state index is 8.95. The number of aliphatic hydroxyl groups is 1. The first-order chi connectivity index (χ1) is 8.35. The van der Waals surface area contributed by atoms with Crippen LogP contribution in [-0.2, 0) is 6.54 Å². The number of furan rings is 1. The third-order valence-electron chi connectivity index (χ3n) is 2.96. The molecule has 0 aromatic carbocycles. The lowest BCUT2D eigenvalue weighted by Gasteiger charge is -2.37. The maximum Gasteiger partial charge on any atom is 0.162 e. The average molecular weight is 250 g/mol. The first-order valence-electron chi connectivity index (χ1n) is 5.66. The van der Waals surface area contributed by atoms with Crippen LogP contribution in [0.5, 0.6) is 0 Å². The molecule has 0 amide bonds. The predicted octanol–water partition coefficient (Wildman–Crippen LogP) is 1.83. The summed E-state index contributed by atoms with van der Waals surface area (Å²) in [5.41, 5.74) is 1.08. The Morgan fingerprint density at radius 3 is 3.12 bits per heavy atom. The van der Waals surface area contributed by atoms with Gasteiger partial charge in [-0.3, -0.25) is 4.90 Å². The molecule has 1 aliphatic rings. The van der Waals surface area contributed by atoms with Crippen LogP contribution in [0.25, 0.3) is 10.8 Å². The van der Waals surface area contributed by atoms with Crippen molar-refractivity contribution in [2.45, 2.75) is 6.54 Å². The van der Waals surface area contributed by atoms with E-state index in [0.717, 1.165) is 36.1 Å². The number of rotatable bonds is 4. The minimum atomic E-state index is 0.297. The van der Waals surface area contributed by atoms with Crippen LogP contribution < -0.4 is 0 Å².